The van der Waals surface area contributed by atoms with Crippen LogP contribution in [0.15, 0.2) is 41.3 Å². The molecule has 4 atom stereocenters. The minimum Gasteiger partial charge on any atom is -0.481 e. The van der Waals surface area contributed by atoms with Crippen molar-refractivity contribution in [1.29, 1.82) is 0 Å². The minimum absolute atomic E-state index is 0.308. The molecule has 0 saturated carbocycles. The largest absolute Gasteiger partial charge is 0.481 e. The van der Waals surface area contributed by atoms with Gasteiger partial charge in [-0.25, -0.2) is 0 Å². The van der Waals surface area contributed by atoms with E-state index < -0.39 is 30.0 Å². The summed E-state index contributed by atoms with van der Waals surface area (Å²) in [5.41, 5.74) is 0.669. The van der Waals surface area contributed by atoms with Gasteiger partial charge in [-0.2, -0.15) is 0 Å². The Kier molecular flexibility index (Phi) is 3.73. The Morgan fingerprint density at radius 3 is 2.62 bits per heavy atom. The van der Waals surface area contributed by atoms with Crippen molar-refractivity contribution in [3.05, 3.63) is 36.4 Å². The lowest BCUT2D eigenvalue weighted by Crippen LogP contribution is -2.39. The van der Waals surface area contributed by atoms with Gasteiger partial charge in [0.1, 0.15) is 5.92 Å². The second kappa shape index (κ2) is 5.54. The fourth-order valence-corrected chi connectivity index (χ4v) is 3.30. The van der Waals surface area contributed by atoms with E-state index in [1.165, 1.54) is 0 Å². The molecule has 110 valence electrons. The zero-order chi connectivity index (χ0) is 15.0. The molecule has 2 aliphatic rings. The lowest BCUT2D eigenvalue weighted by molar-refractivity contribution is -0.145. The smallest absolute Gasteiger partial charge is 0.310 e. The normalized spacial score (nSPS) is 29.6. The lowest BCUT2D eigenvalue weighted by atomic mass is 9.82. The number of ether oxygens (including phenoxy) is 1. The van der Waals surface area contributed by atoms with E-state index in [2.05, 4.69) is 5.32 Å². The van der Waals surface area contributed by atoms with E-state index in [1.807, 2.05) is 24.5 Å². The molecule has 6 heteroatoms. The van der Waals surface area contributed by atoms with Gasteiger partial charge in [0.25, 0.3) is 0 Å². The van der Waals surface area contributed by atoms with E-state index in [0.717, 1.165) is 4.90 Å². The molecule has 2 heterocycles. The van der Waals surface area contributed by atoms with Crippen LogP contribution in [0.3, 0.4) is 0 Å². The van der Waals surface area contributed by atoms with E-state index in [1.54, 1.807) is 30.0 Å². The molecule has 0 radical (unpaired) electrons. The molecule has 1 aromatic rings. The predicted molar refractivity (Wildman–Crippen MR) is 79.3 cm³/mol. The van der Waals surface area contributed by atoms with E-state index in [0.29, 0.717) is 5.69 Å². The first kappa shape index (κ1) is 14.2. The molecule has 2 aliphatic heterocycles. The number of hydrogen-bond acceptors (Lipinski definition) is 4. The molecule has 2 bridgehead atoms. The van der Waals surface area contributed by atoms with Crippen molar-refractivity contribution in [3.63, 3.8) is 0 Å². The van der Waals surface area contributed by atoms with E-state index >= 15 is 0 Å². The number of hydrogen-bond donors (Lipinski definition) is 2. The molecule has 1 saturated heterocycles. The number of carbonyl (C=O) groups excluding carboxylic acids is 1. The van der Waals surface area contributed by atoms with Crippen molar-refractivity contribution in [2.75, 3.05) is 11.6 Å². The monoisotopic (exact) mass is 305 g/mol. The third-order valence-electron chi connectivity index (χ3n) is 3.82. The molecule has 5 nitrogen and oxygen atoms in total. The second-order valence-electron chi connectivity index (χ2n) is 5.06. The molecule has 0 aliphatic carbocycles. The summed E-state index contributed by atoms with van der Waals surface area (Å²) in [6.45, 7) is 0. The molecule has 3 rings (SSSR count). The summed E-state index contributed by atoms with van der Waals surface area (Å²) in [7, 11) is 0. The summed E-state index contributed by atoms with van der Waals surface area (Å²) < 4.78 is 5.51. The average molecular weight is 305 g/mol. The van der Waals surface area contributed by atoms with Gasteiger partial charge in [0.05, 0.1) is 18.1 Å². The summed E-state index contributed by atoms with van der Waals surface area (Å²) in [4.78, 5) is 24.8. The number of anilines is 1. The number of amides is 1. The van der Waals surface area contributed by atoms with Crippen molar-refractivity contribution in [1.82, 2.24) is 0 Å². The molecular formula is C15H15NO4S. The molecule has 1 fully saturated rings. The first-order valence-corrected chi connectivity index (χ1v) is 7.84. The van der Waals surface area contributed by atoms with Crippen LogP contribution in [-0.2, 0) is 14.3 Å². The number of fused-ring (bicyclic) bond motifs is 2. The number of aliphatic carboxylic acids is 1. The third kappa shape index (κ3) is 2.56. The highest BCUT2D eigenvalue weighted by molar-refractivity contribution is 7.98. The summed E-state index contributed by atoms with van der Waals surface area (Å²) in [5, 5.41) is 12.1. The average Bonchev–Trinajstić information content (AvgIpc) is 3.07. The number of nitrogens with one attached hydrogen (secondary N) is 1. The van der Waals surface area contributed by atoms with Gasteiger partial charge in [0.2, 0.25) is 5.91 Å². The van der Waals surface area contributed by atoms with Crippen LogP contribution in [0.5, 0.6) is 0 Å². The number of thioether (sulfide) groups is 1. The quantitative estimate of drug-likeness (QED) is 0.657. The Balaban J connectivity index is 1.78. The summed E-state index contributed by atoms with van der Waals surface area (Å²) in [6, 6.07) is 7.45. The highest BCUT2D eigenvalue weighted by Crippen LogP contribution is 2.39. The van der Waals surface area contributed by atoms with E-state index in [9.17, 15) is 14.7 Å². The second-order valence-corrected chi connectivity index (χ2v) is 5.94. The molecule has 1 amide bonds. The Bertz CT molecular complexity index is 615. The van der Waals surface area contributed by atoms with Crippen molar-refractivity contribution in [2.45, 2.75) is 17.1 Å². The Hall–Kier alpha value is -1.79. The van der Waals surface area contributed by atoms with Gasteiger partial charge >= 0.3 is 5.97 Å². The summed E-state index contributed by atoms with van der Waals surface area (Å²) in [6.07, 6.45) is 4.50. The SMILES string of the molecule is CSc1cccc(NC(=O)[C@H]2[C@H](C(=O)O)[C@H]3C=C[C@H]2O3)c1. The molecule has 1 aromatic carbocycles. The van der Waals surface area contributed by atoms with Crippen LogP contribution in [0, 0.1) is 11.8 Å². The summed E-state index contributed by atoms with van der Waals surface area (Å²) in [5.74, 6) is -2.80. The van der Waals surface area contributed by atoms with E-state index in [-0.39, 0.29) is 5.91 Å². The van der Waals surface area contributed by atoms with Gasteiger partial charge in [-0.1, -0.05) is 18.2 Å². The van der Waals surface area contributed by atoms with Crippen molar-refractivity contribution < 1.29 is 19.4 Å². The highest BCUT2D eigenvalue weighted by atomic mass is 32.2. The minimum atomic E-state index is -0.995. The first-order valence-electron chi connectivity index (χ1n) is 6.61. The van der Waals surface area contributed by atoms with Crippen LogP contribution in [0.25, 0.3) is 0 Å². The van der Waals surface area contributed by atoms with Crippen LogP contribution in [0.1, 0.15) is 0 Å². The van der Waals surface area contributed by atoms with Gasteiger partial charge < -0.3 is 15.2 Å². The fraction of sp³-hybridized carbons (Fsp3) is 0.333. The maximum Gasteiger partial charge on any atom is 0.310 e. The van der Waals surface area contributed by atoms with Crippen LogP contribution < -0.4 is 5.32 Å². The van der Waals surface area contributed by atoms with Gasteiger partial charge in [-0.05, 0) is 24.5 Å². The van der Waals surface area contributed by atoms with Crippen LogP contribution >= 0.6 is 11.8 Å². The van der Waals surface area contributed by atoms with Crippen molar-refractivity contribution in [2.24, 2.45) is 11.8 Å². The predicted octanol–water partition coefficient (Wildman–Crippen LogP) is 2.00. The summed E-state index contributed by atoms with van der Waals surface area (Å²) >= 11 is 1.58. The lowest BCUT2D eigenvalue weighted by Gasteiger charge is -2.21. The number of carboxylic acid groups (broad SMARTS) is 1. The Morgan fingerprint density at radius 2 is 1.95 bits per heavy atom. The zero-order valence-corrected chi connectivity index (χ0v) is 12.2. The van der Waals surface area contributed by atoms with Crippen molar-refractivity contribution in [3.8, 4) is 0 Å². The van der Waals surface area contributed by atoms with Gasteiger partial charge in [0.15, 0.2) is 0 Å². The fourth-order valence-electron chi connectivity index (χ4n) is 2.84. The van der Waals surface area contributed by atoms with Gasteiger partial charge in [-0.3, -0.25) is 9.59 Å². The number of carbonyl (C=O) groups is 2. The van der Waals surface area contributed by atoms with Crippen molar-refractivity contribution >= 4 is 29.3 Å². The Morgan fingerprint density at radius 1 is 1.24 bits per heavy atom. The van der Waals surface area contributed by atoms with E-state index in [4.69, 9.17) is 4.74 Å². The van der Waals surface area contributed by atoms with Crippen LogP contribution in [0.4, 0.5) is 5.69 Å². The molecular weight excluding hydrogens is 290 g/mol. The molecule has 0 spiro atoms. The standard InChI is InChI=1S/C15H15NO4S/c1-21-9-4-2-3-8(7-9)16-14(17)12-10-5-6-11(20-10)13(12)15(18)19/h2-7,10-13H,1H3,(H,16,17)(H,18,19)/t10-,11-,12-,13-/m1/s1. The van der Waals surface area contributed by atoms with Crippen LogP contribution in [0.2, 0.25) is 0 Å². The third-order valence-corrected chi connectivity index (χ3v) is 4.55. The maximum atomic E-state index is 12.4. The number of carboxylic acids is 1. The molecule has 2 N–H and O–H groups in total. The maximum absolute atomic E-state index is 12.4. The van der Waals surface area contributed by atoms with Crippen LogP contribution in [-0.4, -0.2) is 35.4 Å². The number of benzene rings is 1. The molecule has 0 aromatic heterocycles. The zero-order valence-electron chi connectivity index (χ0n) is 11.4. The highest BCUT2D eigenvalue weighted by Gasteiger charge is 2.53. The molecule has 0 unspecified atom stereocenters. The van der Waals surface area contributed by atoms with Gasteiger partial charge in [-0.15, -0.1) is 11.8 Å². The molecule has 21 heavy (non-hydrogen) atoms. The topological polar surface area (TPSA) is 75.6 Å². The van der Waals surface area contributed by atoms with Gasteiger partial charge in [0, 0.05) is 10.6 Å². The number of rotatable bonds is 4. The first-order chi connectivity index (χ1) is 10.1. The Labute approximate surface area is 126 Å².